The van der Waals surface area contributed by atoms with E-state index in [0.29, 0.717) is 23.4 Å². The van der Waals surface area contributed by atoms with Gasteiger partial charge in [-0.3, -0.25) is 9.78 Å². The third-order valence-corrected chi connectivity index (χ3v) is 3.97. The summed E-state index contributed by atoms with van der Waals surface area (Å²) < 4.78 is 5.21. The molecule has 3 rings (SSSR count). The molecule has 0 aliphatic carbocycles. The van der Waals surface area contributed by atoms with E-state index in [2.05, 4.69) is 20.6 Å². The number of para-hydroxylation sites is 2. The van der Waals surface area contributed by atoms with Crippen LogP contribution in [0.5, 0.6) is 0 Å². The molecule has 1 aliphatic rings. The molecule has 1 aromatic heterocycles. The van der Waals surface area contributed by atoms with Gasteiger partial charge in [0.05, 0.1) is 18.0 Å². The number of aliphatic imine (C=N–C) groups is 1. The summed E-state index contributed by atoms with van der Waals surface area (Å²) in [6.07, 6.45) is 3.59. The standard InChI is InChI=1S/C20H20N4O3/c1-3-14-17(20(26)27-4-2)18(23-16-8-6-5-7-15(16)22-14)24-19(25)13-9-11-21-12-10-13/h5-12,22H,3-4H2,1-2H3,(H,23,24,25). The van der Waals surface area contributed by atoms with Gasteiger partial charge in [0.2, 0.25) is 0 Å². The molecule has 0 atom stereocenters. The van der Waals surface area contributed by atoms with Crippen LogP contribution in [0.4, 0.5) is 11.4 Å². The molecule has 1 aromatic carbocycles. The van der Waals surface area contributed by atoms with Crippen molar-refractivity contribution in [3.63, 3.8) is 0 Å². The van der Waals surface area contributed by atoms with Crippen molar-refractivity contribution in [3.05, 3.63) is 65.6 Å². The van der Waals surface area contributed by atoms with Crippen LogP contribution >= 0.6 is 0 Å². The van der Waals surface area contributed by atoms with E-state index in [4.69, 9.17) is 4.74 Å². The first-order chi connectivity index (χ1) is 13.1. The number of amidine groups is 1. The van der Waals surface area contributed by atoms with Crippen LogP contribution in [0, 0.1) is 0 Å². The van der Waals surface area contributed by atoms with Gasteiger partial charge in [-0.05, 0) is 37.6 Å². The van der Waals surface area contributed by atoms with E-state index in [9.17, 15) is 9.59 Å². The van der Waals surface area contributed by atoms with Crippen LogP contribution < -0.4 is 10.6 Å². The molecule has 2 heterocycles. The maximum Gasteiger partial charge on any atom is 0.343 e. The molecule has 0 radical (unpaired) electrons. The Morgan fingerprint density at radius 2 is 1.85 bits per heavy atom. The maximum absolute atomic E-state index is 12.6. The molecule has 0 spiro atoms. The Morgan fingerprint density at radius 1 is 1.11 bits per heavy atom. The number of aromatic nitrogens is 1. The minimum absolute atomic E-state index is 0.157. The van der Waals surface area contributed by atoms with Crippen LogP contribution in [0.1, 0.15) is 30.6 Å². The third kappa shape index (κ3) is 4.03. The first kappa shape index (κ1) is 18.3. The second kappa shape index (κ2) is 8.27. The van der Waals surface area contributed by atoms with Gasteiger partial charge in [-0.2, -0.15) is 0 Å². The van der Waals surface area contributed by atoms with E-state index in [0.717, 1.165) is 5.69 Å². The summed E-state index contributed by atoms with van der Waals surface area (Å²) in [6.45, 7) is 3.87. The molecule has 2 aromatic rings. The highest BCUT2D eigenvalue weighted by molar-refractivity contribution is 6.25. The molecule has 0 saturated heterocycles. The topological polar surface area (TPSA) is 92.7 Å². The average molecular weight is 364 g/mol. The predicted octanol–water partition coefficient (Wildman–Crippen LogP) is 3.19. The van der Waals surface area contributed by atoms with Crippen molar-refractivity contribution in [3.8, 4) is 0 Å². The van der Waals surface area contributed by atoms with Gasteiger partial charge < -0.3 is 15.4 Å². The fourth-order valence-electron chi connectivity index (χ4n) is 2.68. The third-order valence-electron chi connectivity index (χ3n) is 3.97. The number of pyridine rings is 1. The Kier molecular flexibility index (Phi) is 5.61. The average Bonchev–Trinajstić information content (AvgIpc) is 2.85. The number of allylic oxidation sites excluding steroid dienone is 1. The predicted molar refractivity (Wildman–Crippen MR) is 103 cm³/mol. The number of benzene rings is 1. The van der Waals surface area contributed by atoms with E-state index in [-0.39, 0.29) is 23.9 Å². The highest BCUT2D eigenvalue weighted by atomic mass is 16.5. The van der Waals surface area contributed by atoms with Crippen LogP contribution in [0.2, 0.25) is 0 Å². The van der Waals surface area contributed by atoms with Crippen molar-refractivity contribution >= 4 is 29.1 Å². The van der Waals surface area contributed by atoms with Crippen molar-refractivity contribution < 1.29 is 14.3 Å². The summed E-state index contributed by atoms with van der Waals surface area (Å²) in [7, 11) is 0. The first-order valence-corrected chi connectivity index (χ1v) is 8.70. The Morgan fingerprint density at radius 3 is 2.56 bits per heavy atom. The summed E-state index contributed by atoms with van der Waals surface area (Å²) in [4.78, 5) is 33.7. The molecule has 7 heteroatoms. The van der Waals surface area contributed by atoms with Gasteiger partial charge in [0.15, 0.2) is 0 Å². The first-order valence-electron chi connectivity index (χ1n) is 8.70. The van der Waals surface area contributed by atoms with Crippen molar-refractivity contribution in [2.45, 2.75) is 20.3 Å². The fourth-order valence-corrected chi connectivity index (χ4v) is 2.68. The van der Waals surface area contributed by atoms with Gasteiger partial charge in [0.25, 0.3) is 5.91 Å². The number of ether oxygens (including phenoxy) is 1. The van der Waals surface area contributed by atoms with Crippen molar-refractivity contribution in [1.29, 1.82) is 0 Å². The molecule has 0 saturated carbocycles. The number of amides is 1. The number of anilines is 1. The summed E-state index contributed by atoms with van der Waals surface area (Å²) in [6, 6.07) is 10.6. The highest BCUT2D eigenvalue weighted by Crippen LogP contribution is 2.31. The lowest BCUT2D eigenvalue weighted by Gasteiger charge is -2.15. The zero-order valence-electron chi connectivity index (χ0n) is 15.2. The van der Waals surface area contributed by atoms with Gasteiger partial charge in [-0.25, -0.2) is 9.79 Å². The number of fused-ring (bicyclic) bond motifs is 1. The van der Waals surface area contributed by atoms with Crippen LogP contribution in [0.3, 0.4) is 0 Å². The number of nitrogens with one attached hydrogen (secondary N) is 2. The second-order valence-corrected chi connectivity index (χ2v) is 5.72. The summed E-state index contributed by atoms with van der Waals surface area (Å²) >= 11 is 0. The minimum Gasteiger partial charge on any atom is -0.462 e. The van der Waals surface area contributed by atoms with E-state index in [1.54, 1.807) is 19.1 Å². The fraction of sp³-hybridized carbons (Fsp3) is 0.200. The zero-order chi connectivity index (χ0) is 19.2. The lowest BCUT2D eigenvalue weighted by Crippen LogP contribution is -2.35. The molecule has 0 fully saturated rings. The molecule has 0 unspecified atom stereocenters. The van der Waals surface area contributed by atoms with E-state index in [1.807, 2.05) is 31.2 Å². The number of hydrogen-bond donors (Lipinski definition) is 2. The molecule has 0 bridgehead atoms. The smallest absolute Gasteiger partial charge is 0.343 e. The summed E-state index contributed by atoms with van der Waals surface area (Å²) in [5, 5.41) is 6.00. The number of nitrogens with zero attached hydrogens (tertiary/aromatic N) is 2. The number of hydrogen-bond acceptors (Lipinski definition) is 6. The van der Waals surface area contributed by atoms with Gasteiger partial charge in [0.1, 0.15) is 11.4 Å². The molecule has 7 nitrogen and oxygen atoms in total. The summed E-state index contributed by atoms with van der Waals surface area (Å²) in [5.41, 5.74) is 2.64. The number of carbonyl (C=O) groups excluding carboxylic acids is 2. The van der Waals surface area contributed by atoms with Crippen LogP contribution in [0.25, 0.3) is 0 Å². The van der Waals surface area contributed by atoms with Crippen LogP contribution in [-0.4, -0.2) is 29.3 Å². The van der Waals surface area contributed by atoms with E-state index >= 15 is 0 Å². The molecular formula is C20H20N4O3. The highest BCUT2D eigenvalue weighted by Gasteiger charge is 2.27. The number of rotatable bonds is 4. The zero-order valence-corrected chi connectivity index (χ0v) is 15.2. The maximum atomic E-state index is 12.6. The van der Waals surface area contributed by atoms with Crippen LogP contribution in [0.15, 0.2) is 65.1 Å². The minimum atomic E-state index is -0.538. The Bertz CT molecular complexity index is 920. The SMILES string of the molecule is CCOC(=O)C1=C(CC)Nc2ccccc2N=C1NC(=O)c1ccncc1. The lowest BCUT2D eigenvalue weighted by atomic mass is 10.1. The second-order valence-electron chi connectivity index (χ2n) is 5.72. The van der Waals surface area contributed by atoms with Gasteiger partial charge in [0, 0.05) is 23.7 Å². The number of carbonyl (C=O) groups is 2. The quantitative estimate of drug-likeness (QED) is 0.813. The van der Waals surface area contributed by atoms with Crippen molar-refractivity contribution in [2.24, 2.45) is 4.99 Å². The van der Waals surface area contributed by atoms with E-state index in [1.165, 1.54) is 12.4 Å². The Balaban J connectivity index is 2.07. The normalized spacial score (nSPS) is 13.0. The number of esters is 1. The largest absolute Gasteiger partial charge is 0.462 e. The molecule has 2 N–H and O–H groups in total. The Labute approximate surface area is 157 Å². The lowest BCUT2D eigenvalue weighted by molar-refractivity contribution is -0.137. The molecule has 138 valence electrons. The molecule has 1 amide bonds. The van der Waals surface area contributed by atoms with Crippen LogP contribution in [-0.2, 0) is 9.53 Å². The molecule has 1 aliphatic heterocycles. The summed E-state index contributed by atoms with van der Waals surface area (Å²) in [5.74, 6) is -0.763. The monoisotopic (exact) mass is 364 g/mol. The molecular weight excluding hydrogens is 344 g/mol. The van der Waals surface area contributed by atoms with Gasteiger partial charge in [-0.1, -0.05) is 19.1 Å². The van der Waals surface area contributed by atoms with E-state index < -0.39 is 5.97 Å². The Hall–Kier alpha value is -3.48. The van der Waals surface area contributed by atoms with Gasteiger partial charge >= 0.3 is 5.97 Å². The van der Waals surface area contributed by atoms with Crippen molar-refractivity contribution in [2.75, 3.05) is 11.9 Å². The molecule has 27 heavy (non-hydrogen) atoms. The van der Waals surface area contributed by atoms with Gasteiger partial charge in [-0.15, -0.1) is 0 Å². The van der Waals surface area contributed by atoms with Crippen molar-refractivity contribution in [1.82, 2.24) is 10.3 Å².